The molecule has 2 fully saturated rings. The fourth-order valence-electron chi connectivity index (χ4n) is 4.28. The van der Waals surface area contributed by atoms with Crippen LogP contribution in [0.3, 0.4) is 0 Å². The Labute approximate surface area is 177 Å². The molecule has 1 aromatic rings. The highest BCUT2D eigenvalue weighted by atomic mass is 32.1. The zero-order chi connectivity index (χ0) is 21.0. The summed E-state index contributed by atoms with van der Waals surface area (Å²) >= 11 is 1.43. The molecule has 29 heavy (non-hydrogen) atoms. The van der Waals surface area contributed by atoms with Gasteiger partial charge in [0.05, 0.1) is 10.8 Å². The fourth-order valence-corrected chi connectivity index (χ4v) is 4.97. The first kappa shape index (κ1) is 21.8. The van der Waals surface area contributed by atoms with E-state index in [4.69, 9.17) is 4.74 Å². The topological polar surface area (TPSA) is 75.7 Å². The molecule has 0 aromatic carbocycles. The van der Waals surface area contributed by atoms with E-state index >= 15 is 0 Å². The highest BCUT2D eigenvalue weighted by Crippen LogP contribution is 2.29. The van der Waals surface area contributed by atoms with Gasteiger partial charge in [0, 0.05) is 19.1 Å². The summed E-state index contributed by atoms with van der Waals surface area (Å²) in [6.07, 6.45) is 3.65. The molecular formula is C22H32N2O4S. The van der Waals surface area contributed by atoms with Crippen LogP contribution < -0.4 is 5.32 Å². The molecule has 1 aromatic heterocycles. The van der Waals surface area contributed by atoms with E-state index in [-0.39, 0.29) is 29.7 Å². The van der Waals surface area contributed by atoms with E-state index in [0.717, 1.165) is 17.7 Å². The number of ether oxygens (including phenoxy) is 1. The molecule has 1 aliphatic heterocycles. The lowest BCUT2D eigenvalue weighted by atomic mass is 9.78. The van der Waals surface area contributed by atoms with Crippen LogP contribution in [-0.4, -0.2) is 47.9 Å². The monoisotopic (exact) mass is 420 g/mol. The Balaban J connectivity index is 1.44. The summed E-state index contributed by atoms with van der Waals surface area (Å²) in [7, 11) is 0. The SMILES string of the molecule is C[C@@H]1[C@H](C)CCC[C@@H]1NC(=O)[C@@H](C)OC(=O)C1CCN(C(=O)c2cccs2)CC1. The van der Waals surface area contributed by atoms with Crippen LogP contribution in [0.25, 0.3) is 0 Å². The van der Waals surface area contributed by atoms with Crippen molar-refractivity contribution in [2.24, 2.45) is 17.8 Å². The number of nitrogens with one attached hydrogen (secondary N) is 1. The van der Waals surface area contributed by atoms with Crippen molar-refractivity contribution in [3.63, 3.8) is 0 Å². The third-order valence-electron chi connectivity index (χ3n) is 6.54. The zero-order valence-electron chi connectivity index (χ0n) is 17.6. The van der Waals surface area contributed by atoms with E-state index in [1.54, 1.807) is 11.8 Å². The Morgan fingerprint density at radius 2 is 1.90 bits per heavy atom. The molecule has 2 heterocycles. The van der Waals surface area contributed by atoms with E-state index in [1.807, 2.05) is 17.5 Å². The molecule has 3 rings (SSSR count). The van der Waals surface area contributed by atoms with Crippen molar-refractivity contribution in [1.29, 1.82) is 0 Å². The first-order valence-electron chi connectivity index (χ1n) is 10.7. The number of thiophene rings is 1. The van der Waals surface area contributed by atoms with Crippen LogP contribution in [0.1, 0.15) is 62.5 Å². The third kappa shape index (κ3) is 5.38. The number of hydrogen-bond donors (Lipinski definition) is 1. The number of amides is 2. The van der Waals surface area contributed by atoms with Crippen molar-refractivity contribution < 1.29 is 19.1 Å². The minimum Gasteiger partial charge on any atom is -0.452 e. The molecule has 1 N–H and O–H groups in total. The molecule has 0 radical (unpaired) electrons. The highest BCUT2D eigenvalue weighted by Gasteiger charge is 2.33. The van der Waals surface area contributed by atoms with Crippen molar-refractivity contribution in [2.75, 3.05) is 13.1 Å². The summed E-state index contributed by atoms with van der Waals surface area (Å²) < 4.78 is 5.47. The molecule has 2 amide bonds. The second-order valence-corrected chi connectivity index (χ2v) is 9.45. The summed E-state index contributed by atoms with van der Waals surface area (Å²) in [4.78, 5) is 40.0. The Kier molecular flexibility index (Phi) is 7.33. The normalized spacial score (nSPS) is 26.6. The predicted octanol–water partition coefficient (Wildman–Crippen LogP) is 3.47. The molecule has 6 nitrogen and oxygen atoms in total. The lowest BCUT2D eigenvalue weighted by Crippen LogP contribution is -2.48. The van der Waals surface area contributed by atoms with Gasteiger partial charge in [-0.15, -0.1) is 11.3 Å². The maximum Gasteiger partial charge on any atom is 0.309 e. The largest absolute Gasteiger partial charge is 0.452 e. The first-order valence-corrected chi connectivity index (χ1v) is 11.6. The van der Waals surface area contributed by atoms with Gasteiger partial charge >= 0.3 is 5.97 Å². The number of hydrogen-bond acceptors (Lipinski definition) is 5. The van der Waals surface area contributed by atoms with Crippen molar-refractivity contribution in [1.82, 2.24) is 10.2 Å². The van der Waals surface area contributed by atoms with E-state index in [1.165, 1.54) is 17.8 Å². The maximum absolute atomic E-state index is 12.5. The zero-order valence-corrected chi connectivity index (χ0v) is 18.4. The van der Waals surface area contributed by atoms with Crippen molar-refractivity contribution in [2.45, 2.75) is 65.0 Å². The van der Waals surface area contributed by atoms with Gasteiger partial charge in [0.25, 0.3) is 11.8 Å². The molecule has 0 spiro atoms. The number of carbonyl (C=O) groups is 3. The molecule has 0 unspecified atom stereocenters. The van der Waals surface area contributed by atoms with E-state index in [9.17, 15) is 14.4 Å². The number of nitrogens with zero attached hydrogens (tertiary/aromatic N) is 1. The third-order valence-corrected chi connectivity index (χ3v) is 7.40. The van der Waals surface area contributed by atoms with Crippen molar-refractivity contribution in [3.05, 3.63) is 22.4 Å². The van der Waals surface area contributed by atoms with Gasteiger partial charge in [-0.05, 0) is 49.5 Å². The van der Waals surface area contributed by atoms with Gasteiger partial charge in [-0.1, -0.05) is 32.8 Å². The molecule has 1 saturated carbocycles. The molecule has 2 aliphatic rings. The van der Waals surface area contributed by atoms with Gasteiger partial charge in [0.1, 0.15) is 0 Å². The second kappa shape index (κ2) is 9.74. The quantitative estimate of drug-likeness (QED) is 0.740. The lowest BCUT2D eigenvalue weighted by Gasteiger charge is -2.35. The highest BCUT2D eigenvalue weighted by molar-refractivity contribution is 7.12. The standard InChI is InChI=1S/C22H32N2O4S/c1-14-6-4-7-18(15(14)2)23-20(25)16(3)28-22(27)17-9-11-24(12-10-17)21(26)19-8-5-13-29-19/h5,8,13-18H,4,6-7,9-12H2,1-3H3,(H,23,25)/t14-,15-,16-,18+/m1/s1. The van der Waals surface area contributed by atoms with Crippen LogP contribution in [0.2, 0.25) is 0 Å². The molecule has 160 valence electrons. The van der Waals surface area contributed by atoms with Gasteiger partial charge in [-0.25, -0.2) is 0 Å². The summed E-state index contributed by atoms with van der Waals surface area (Å²) in [5.74, 6) is 0.243. The van der Waals surface area contributed by atoms with Crippen LogP contribution in [0.4, 0.5) is 0 Å². The van der Waals surface area contributed by atoms with E-state index in [0.29, 0.717) is 37.8 Å². The molecule has 1 saturated heterocycles. The maximum atomic E-state index is 12.5. The van der Waals surface area contributed by atoms with Gasteiger partial charge in [-0.3, -0.25) is 14.4 Å². The minimum atomic E-state index is -0.794. The van der Waals surface area contributed by atoms with E-state index < -0.39 is 6.10 Å². The van der Waals surface area contributed by atoms with Crippen LogP contribution >= 0.6 is 11.3 Å². The number of piperidine rings is 1. The van der Waals surface area contributed by atoms with Crippen molar-refractivity contribution in [3.8, 4) is 0 Å². The summed E-state index contributed by atoms with van der Waals surface area (Å²) in [5.41, 5.74) is 0. The first-order chi connectivity index (χ1) is 13.9. The number of likely N-dealkylation sites (tertiary alicyclic amines) is 1. The van der Waals surface area contributed by atoms with Crippen molar-refractivity contribution >= 4 is 29.1 Å². The predicted molar refractivity (Wildman–Crippen MR) is 113 cm³/mol. The average Bonchev–Trinajstić information content (AvgIpc) is 3.25. The molecule has 7 heteroatoms. The lowest BCUT2D eigenvalue weighted by molar-refractivity contribution is -0.160. The Morgan fingerprint density at radius 3 is 2.55 bits per heavy atom. The molecule has 1 aliphatic carbocycles. The van der Waals surface area contributed by atoms with Crippen LogP contribution in [-0.2, 0) is 14.3 Å². The Hall–Kier alpha value is -1.89. The van der Waals surface area contributed by atoms with Gasteiger partial charge < -0.3 is 15.0 Å². The molecule has 0 bridgehead atoms. The average molecular weight is 421 g/mol. The van der Waals surface area contributed by atoms with Gasteiger partial charge in [0.15, 0.2) is 6.10 Å². The summed E-state index contributed by atoms with van der Waals surface area (Å²) in [5, 5.41) is 4.96. The number of rotatable bonds is 5. The van der Waals surface area contributed by atoms with Crippen LogP contribution in [0.15, 0.2) is 17.5 Å². The number of carbonyl (C=O) groups excluding carboxylic acids is 3. The molecular weight excluding hydrogens is 388 g/mol. The van der Waals surface area contributed by atoms with Gasteiger partial charge in [-0.2, -0.15) is 0 Å². The second-order valence-electron chi connectivity index (χ2n) is 8.51. The Morgan fingerprint density at radius 1 is 1.17 bits per heavy atom. The summed E-state index contributed by atoms with van der Waals surface area (Å²) in [6, 6.07) is 3.84. The van der Waals surface area contributed by atoms with E-state index in [2.05, 4.69) is 19.2 Å². The Bertz CT molecular complexity index is 712. The number of esters is 1. The minimum absolute atomic E-state index is 0.0235. The van der Waals surface area contributed by atoms with Crippen LogP contribution in [0, 0.1) is 17.8 Å². The van der Waals surface area contributed by atoms with Crippen LogP contribution in [0.5, 0.6) is 0 Å². The fraction of sp³-hybridized carbons (Fsp3) is 0.682. The smallest absolute Gasteiger partial charge is 0.309 e. The molecule has 4 atom stereocenters. The van der Waals surface area contributed by atoms with Gasteiger partial charge in [0.2, 0.25) is 0 Å². The summed E-state index contributed by atoms with van der Waals surface area (Å²) in [6.45, 7) is 7.11.